The molecule has 25 heavy (non-hydrogen) atoms. The van der Waals surface area contributed by atoms with Crippen LogP contribution in [0.4, 0.5) is 0 Å². The van der Waals surface area contributed by atoms with Crippen LogP contribution in [-0.4, -0.2) is 35.2 Å². The molecule has 0 atom stereocenters. The van der Waals surface area contributed by atoms with E-state index in [2.05, 4.69) is 30.5 Å². The minimum Gasteiger partial charge on any atom is -0.265 e. The Labute approximate surface area is 148 Å². The minimum absolute atomic E-state index is 0.643. The average molecular weight is 347 g/mol. The fourth-order valence-electron chi connectivity index (χ4n) is 2.29. The first-order chi connectivity index (χ1) is 12.3. The van der Waals surface area contributed by atoms with E-state index in [1.54, 1.807) is 17.1 Å². The number of benzene rings is 1. The lowest BCUT2D eigenvalue weighted by molar-refractivity contribution is 0.756. The number of tetrazole rings is 1. The highest BCUT2D eigenvalue weighted by Gasteiger charge is 2.13. The van der Waals surface area contributed by atoms with Gasteiger partial charge in [0.25, 0.3) is 0 Å². The summed E-state index contributed by atoms with van der Waals surface area (Å²) in [7, 11) is 0. The lowest BCUT2D eigenvalue weighted by Crippen LogP contribution is -1.99. The molecule has 3 aromatic heterocycles. The first-order valence-corrected chi connectivity index (χ1v) is 8.39. The molecule has 0 saturated carbocycles. The SMILES string of the molecule is Cc1cc(Sc2nnnn2-c2ccccc2)nc(-c2ccncc2)n1. The number of pyridine rings is 1. The zero-order valence-electron chi connectivity index (χ0n) is 13.3. The second kappa shape index (κ2) is 6.78. The van der Waals surface area contributed by atoms with Crippen LogP contribution in [0.3, 0.4) is 0 Å². The van der Waals surface area contributed by atoms with Gasteiger partial charge in [-0.1, -0.05) is 18.2 Å². The van der Waals surface area contributed by atoms with Gasteiger partial charge in [0.05, 0.1) is 5.69 Å². The second-order valence-electron chi connectivity index (χ2n) is 5.22. The number of hydrogen-bond acceptors (Lipinski definition) is 7. The summed E-state index contributed by atoms with van der Waals surface area (Å²) in [6, 6.07) is 15.4. The molecule has 0 unspecified atom stereocenters. The molecule has 0 radical (unpaired) electrons. The van der Waals surface area contributed by atoms with Crippen molar-refractivity contribution in [1.29, 1.82) is 0 Å². The maximum absolute atomic E-state index is 4.63. The molecular formula is C17H13N7S. The molecule has 0 aliphatic rings. The lowest BCUT2D eigenvalue weighted by atomic mass is 10.2. The van der Waals surface area contributed by atoms with Crippen molar-refractivity contribution in [3.8, 4) is 17.1 Å². The van der Waals surface area contributed by atoms with E-state index in [-0.39, 0.29) is 0 Å². The maximum atomic E-state index is 4.63. The molecule has 4 aromatic rings. The molecule has 7 nitrogen and oxygen atoms in total. The first-order valence-electron chi connectivity index (χ1n) is 7.57. The van der Waals surface area contributed by atoms with E-state index in [1.807, 2.05) is 55.5 Å². The Morgan fingerprint density at radius 2 is 1.76 bits per heavy atom. The van der Waals surface area contributed by atoms with E-state index < -0.39 is 0 Å². The van der Waals surface area contributed by atoms with E-state index in [1.165, 1.54) is 11.8 Å². The summed E-state index contributed by atoms with van der Waals surface area (Å²) in [5.41, 5.74) is 2.70. The van der Waals surface area contributed by atoms with Crippen molar-refractivity contribution >= 4 is 11.8 Å². The van der Waals surface area contributed by atoms with E-state index in [9.17, 15) is 0 Å². The zero-order valence-corrected chi connectivity index (χ0v) is 14.1. The summed E-state index contributed by atoms with van der Waals surface area (Å²) in [6.07, 6.45) is 3.45. The molecule has 0 aliphatic carbocycles. The number of aryl methyl sites for hydroxylation is 1. The summed E-state index contributed by atoms with van der Waals surface area (Å²) >= 11 is 1.40. The van der Waals surface area contributed by atoms with Crippen molar-refractivity contribution in [2.45, 2.75) is 17.1 Å². The first kappa shape index (κ1) is 15.4. The van der Waals surface area contributed by atoms with Gasteiger partial charge >= 0.3 is 0 Å². The molecule has 0 aliphatic heterocycles. The molecule has 0 N–H and O–H groups in total. The van der Waals surface area contributed by atoms with Gasteiger partial charge in [-0.25, -0.2) is 9.97 Å². The van der Waals surface area contributed by atoms with Crippen LogP contribution in [0.2, 0.25) is 0 Å². The largest absolute Gasteiger partial charge is 0.265 e. The molecule has 0 saturated heterocycles. The van der Waals surface area contributed by atoms with Gasteiger partial charge in [0.2, 0.25) is 5.16 Å². The third-order valence-electron chi connectivity index (χ3n) is 3.41. The Balaban J connectivity index is 1.69. The molecule has 122 valence electrons. The van der Waals surface area contributed by atoms with Crippen molar-refractivity contribution in [3.63, 3.8) is 0 Å². The quantitative estimate of drug-likeness (QED) is 0.525. The minimum atomic E-state index is 0.643. The van der Waals surface area contributed by atoms with Crippen LogP contribution in [0.25, 0.3) is 17.1 Å². The van der Waals surface area contributed by atoms with Gasteiger partial charge in [0, 0.05) is 23.7 Å². The highest BCUT2D eigenvalue weighted by molar-refractivity contribution is 7.99. The van der Waals surface area contributed by atoms with Gasteiger partial charge in [-0.3, -0.25) is 4.98 Å². The highest BCUT2D eigenvalue weighted by atomic mass is 32.2. The monoisotopic (exact) mass is 347 g/mol. The second-order valence-corrected chi connectivity index (χ2v) is 6.21. The van der Waals surface area contributed by atoms with Crippen LogP contribution in [0.1, 0.15) is 5.69 Å². The van der Waals surface area contributed by atoms with Gasteiger partial charge in [-0.2, -0.15) is 4.68 Å². The molecule has 0 amide bonds. The Morgan fingerprint density at radius 3 is 2.56 bits per heavy atom. The van der Waals surface area contributed by atoms with E-state index in [0.29, 0.717) is 11.0 Å². The third-order valence-corrected chi connectivity index (χ3v) is 4.26. The van der Waals surface area contributed by atoms with Gasteiger partial charge in [0.1, 0.15) is 5.03 Å². The Hall–Kier alpha value is -3.13. The van der Waals surface area contributed by atoms with Gasteiger partial charge in [-0.05, 0) is 59.4 Å². The fourth-order valence-corrected chi connectivity index (χ4v) is 3.14. The summed E-state index contributed by atoms with van der Waals surface area (Å²) in [5.74, 6) is 0.656. The predicted molar refractivity (Wildman–Crippen MR) is 93.3 cm³/mol. The van der Waals surface area contributed by atoms with E-state index >= 15 is 0 Å². The Kier molecular flexibility index (Phi) is 4.17. The summed E-state index contributed by atoms with van der Waals surface area (Å²) in [4.78, 5) is 13.2. The van der Waals surface area contributed by atoms with Gasteiger partial charge in [-0.15, -0.1) is 5.10 Å². The Morgan fingerprint density at radius 1 is 0.960 bits per heavy atom. The predicted octanol–water partition coefficient (Wildman–Crippen LogP) is 2.97. The number of hydrogen-bond donors (Lipinski definition) is 0. The van der Waals surface area contributed by atoms with Crippen LogP contribution < -0.4 is 0 Å². The van der Waals surface area contributed by atoms with Crippen molar-refractivity contribution in [2.75, 3.05) is 0 Å². The molecule has 8 heteroatoms. The van der Waals surface area contributed by atoms with Crippen LogP contribution >= 0.6 is 11.8 Å². The van der Waals surface area contributed by atoms with Crippen LogP contribution in [0.5, 0.6) is 0 Å². The van der Waals surface area contributed by atoms with Crippen molar-refractivity contribution in [1.82, 2.24) is 35.2 Å². The van der Waals surface area contributed by atoms with Crippen LogP contribution in [-0.2, 0) is 0 Å². The van der Waals surface area contributed by atoms with Gasteiger partial charge in [0.15, 0.2) is 5.82 Å². The summed E-state index contributed by atoms with van der Waals surface area (Å²) in [5, 5.41) is 13.4. The molecule has 3 heterocycles. The van der Waals surface area contributed by atoms with Crippen LogP contribution in [0.15, 0.2) is 71.1 Å². The standard InChI is InChI=1S/C17H13N7S/c1-12-11-15(20-16(19-12)13-7-9-18-10-8-13)25-17-21-22-23-24(17)14-5-3-2-4-6-14/h2-11H,1H3. The third kappa shape index (κ3) is 3.38. The number of para-hydroxylation sites is 1. The zero-order chi connectivity index (χ0) is 17.1. The number of nitrogens with zero attached hydrogens (tertiary/aromatic N) is 7. The van der Waals surface area contributed by atoms with Crippen molar-refractivity contribution in [3.05, 3.63) is 66.6 Å². The fraction of sp³-hybridized carbons (Fsp3) is 0.0588. The normalized spacial score (nSPS) is 10.8. The van der Waals surface area contributed by atoms with Crippen molar-refractivity contribution in [2.24, 2.45) is 0 Å². The number of rotatable bonds is 4. The molecule has 1 aromatic carbocycles. The smallest absolute Gasteiger partial charge is 0.220 e. The molecule has 0 fully saturated rings. The summed E-state index contributed by atoms with van der Waals surface area (Å²) in [6.45, 7) is 1.94. The average Bonchev–Trinajstić information content (AvgIpc) is 3.11. The summed E-state index contributed by atoms with van der Waals surface area (Å²) < 4.78 is 1.69. The molecule has 4 rings (SSSR count). The van der Waals surface area contributed by atoms with E-state index in [0.717, 1.165) is 22.0 Å². The topological polar surface area (TPSA) is 82.3 Å². The molecule has 0 spiro atoms. The van der Waals surface area contributed by atoms with Gasteiger partial charge < -0.3 is 0 Å². The molecular weight excluding hydrogens is 334 g/mol. The van der Waals surface area contributed by atoms with Crippen molar-refractivity contribution < 1.29 is 0 Å². The Bertz CT molecular complexity index is 986. The highest BCUT2D eigenvalue weighted by Crippen LogP contribution is 2.27. The molecule has 0 bridgehead atoms. The van der Waals surface area contributed by atoms with Crippen LogP contribution in [0, 0.1) is 6.92 Å². The number of aromatic nitrogens is 7. The maximum Gasteiger partial charge on any atom is 0.220 e. The van der Waals surface area contributed by atoms with E-state index in [4.69, 9.17) is 0 Å². The lowest BCUT2D eigenvalue weighted by Gasteiger charge is -2.06.